The molecule has 4 N–H and O–H groups in total. The summed E-state index contributed by atoms with van der Waals surface area (Å²) in [6, 6.07) is 13.4. The summed E-state index contributed by atoms with van der Waals surface area (Å²) >= 11 is 0. The summed E-state index contributed by atoms with van der Waals surface area (Å²) in [6.45, 7) is 12.5. The molecular formula is C32H43N4O4S+. The normalized spacial score (nSPS) is 18.3. The van der Waals surface area contributed by atoms with Crippen molar-refractivity contribution in [3.05, 3.63) is 77.5 Å². The number of rotatable bonds is 11. The molecule has 41 heavy (non-hydrogen) atoms. The number of fused-ring (bicyclic) bond motifs is 2. The monoisotopic (exact) mass is 579 g/mol. The van der Waals surface area contributed by atoms with Gasteiger partial charge in [-0.05, 0) is 56.5 Å². The molecule has 9 heteroatoms. The van der Waals surface area contributed by atoms with Crippen LogP contribution in [0, 0.1) is 0 Å². The number of carbonyl (C=O) groups is 1. The fourth-order valence-electron chi connectivity index (χ4n) is 6.20. The molecular weight excluding hydrogens is 536 g/mol. The molecule has 0 bridgehead atoms. The highest BCUT2D eigenvalue weighted by atomic mass is 32.2. The van der Waals surface area contributed by atoms with E-state index in [1.807, 2.05) is 0 Å². The Bertz CT molecular complexity index is 1520. The lowest BCUT2D eigenvalue weighted by atomic mass is 9.81. The van der Waals surface area contributed by atoms with Gasteiger partial charge in [-0.2, -0.15) is 13.0 Å². The van der Waals surface area contributed by atoms with E-state index < -0.39 is 15.5 Å². The van der Waals surface area contributed by atoms with E-state index in [1.54, 1.807) is 12.1 Å². The van der Waals surface area contributed by atoms with Crippen LogP contribution in [0.5, 0.6) is 0 Å². The second-order valence-corrected chi connectivity index (χ2v) is 13.3. The van der Waals surface area contributed by atoms with Crippen LogP contribution >= 0.6 is 0 Å². The summed E-state index contributed by atoms with van der Waals surface area (Å²) in [7, 11) is -4.33. The molecule has 2 heterocycles. The maximum Gasteiger partial charge on any atom is 0.294 e. The van der Waals surface area contributed by atoms with Crippen LogP contribution in [-0.2, 0) is 25.7 Å². The first-order valence-electron chi connectivity index (χ1n) is 14.4. The zero-order chi connectivity index (χ0) is 30.0. The highest BCUT2D eigenvalue weighted by Crippen LogP contribution is 2.48. The van der Waals surface area contributed by atoms with Gasteiger partial charge in [-0.25, -0.2) is 5.84 Å². The molecule has 0 aromatic heterocycles. The predicted molar refractivity (Wildman–Crippen MR) is 164 cm³/mol. The van der Waals surface area contributed by atoms with E-state index in [1.165, 1.54) is 23.0 Å². The summed E-state index contributed by atoms with van der Waals surface area (Å²) in [6.07, 6.45) is 10.3. The SMILES string of the molecule is CCC[N+]1=C(/C=C/C=C2/N(CCCCCC(=O)NN)c3ccc(S(=O)(=O)O)cc3C2(C)C)C(C)(C)c2ccccc21. The van der Waals surface area contributed by atoms with Crippen LogP contribution in [0.1, 0.15) is 77.8 Å². The van der Waals surface area contributed by atoms with Gasteiger partial charge >= 0.3 is 0 Å². The van der Waals surface area contributed by atoms with E-state index in [9.17, 15) is 17.8 Å². The minimum Gasteiger partial charge on any atom is -0.344 e. The van der Waals surface area contributed by atoms with Crippen LogP contribution < -0.4 is 16.2 Å². The number of unbranched alkanes of at least 4 members (excludes halogenated alkanes) is 2. The van der Waals surface area contributed by atoms with Crippen LogP contribution in [0.15, 0.2) is 71.3 Å². The highest BCUT2D eigenvalue weighted by Gasteiger charge is 2.44. The van der Waals surface area contributed by atoms with Crippen molar-refractivity contribution >= 4 is 33.1 Å². The lowest BCUT2D eigenvalue weighted by Gasteiger charge is -2.27. The number of hydrazine groups is 1. The van der Waals surface area contributed by atoms with Gasteiger partial charge in [0.05, 0.1) is 10.3 Å². The number of hydrogen-bond acceptors (Lipinski definition) is 5. The Balaban J connectivity index is 1.70. The number of para-hydroxylation sites is 1. The lowest BCUT2D eigenvalue weighted by molar-refractivity contribution is -0.437. The maximum atomic E-state index is 12.0. The summed E-state index contributed by atoms with van der Waals surface area (Å²) in [4.78, 5) is 13.6. The standard InChI is InChI=1S/C32H42N4O4S/c1-6-20-35-26-14-10-9-13-24(26)31(2,3)28(35)15-12-16-29-32(4,5)25-22-23(41(38,39)40)18-19-27(25)36(29)21-11-7-8-17-30(37)34-33/h9-10,12-16,18-19,22H,6-8,11,17,20-21,33H2,1-5H3,(H-,34,37,38,39,40)/p+1. The van der Waals surface area contributed by atoms with E-state index in [4.69, 9.17) is 5.84 Å². The molecule has 2 aliphatic heterocycles. The van der Waals surface area contributed by atoms with Crippen molar-refractivity contribution in [2.45, 2.75) is 82.4 Å². The maximum absolute atomic E-state index is 12.0. The summed E-state index contributed by atoms with van der Waals surface area (Å²) in [5.41, 5.74) is 8.17. The molecule has 0 aliphatic carbocycles. The highest BCUT2D eigenvalue weighted by molar-refractivity contribution is 7.85. The zero-order valence-electron chi connectivity index (χ0n) is 24.8. The third kappa shape index (κ3) is 6.03. The van der Waals surface area contributed by atoms with Crippen molar-refractivity contribution in [1.82, 2.24) is 5.43 Å². The molecule has 1 amide bonds. The van der Waals surface area contributed by atoms with E-state index in [0.717, 1.165) is 49.2 Å². The van der Waals surface area contributed by atoms with Gasteiger partial charge in [0.25, 0.3) is 10.1 Å². The third-order valence-electron chi connectivity index (χ3n) is 8.36. The van der Waals surface area contributed by atoms with Crippen molar-refractivity contribution in [1.29, 1.82) is 0 Å². The lowest BCUT2D eigenvalue weighted by Crippen LogP contribution is -2.29. The smallest absolute Gasteiger partial charge is 0.294 e. The molecule has 2 aromatic carbocycles. The average molecular weight is 580 g/mol. The number of hydrogen-bond donors (Lipinski definition) is 3. The Morgan fingerprint density at radius 2 is 1.78 bits per heavy atom. The summed E-state index contributed by atoms with van der Waals surface area (Å²) < 4.78 is 36.0. The number of benzene rings is 2. The van der Waals surface area contributed by atoms with Crippen molar-refractivity contribution in [2.24, 2.45) is 5.84 Å². The van der Waals surface area contributed by atoms with Gasteiger partial charge < -0.3 is 4.90 Å². The van der Waals surface area contributed by atoms with Crippen LogP contribution in [0.4, 0.5) is 11.4 Å². The van der Waals surface area contributed by atoms with Crippen LogP contribution in [0.3, 0.4) is 0 Å². The van der Waals surface area contributed by atoms with Crippen LogP contribution in [0.25, 0.3) is 0 Å². The Kier molecular flexibility index (Phi) is 8.92. The second-order valence-electron chi connectivity index (χ2n) is 11.9. The predicted octanol–water partition coefficient (Wildman–Crippen LogP) is 5.51. The number of amides is 1. The van der Waals surface area contributed by atoms with Gasteiger partial charge in [0, 0.05) is 53.9 Å². The quantitative estimate of drug-likeness (QED) is 0.0808. The van der Waals surface area contributed by atoms with Crippen LogP contribution in [-0.4, -0.2) is 42.3 Å². The average Bonchev–Trinajstić information content (AvgIpc) is 3.27. The molecule has 0 saturated carbocycles. The van der Waals surface area contributed by atoms with Crippen molar-refractivity contribution in [3.8, 4) is 0 Å². The molecule has 0 atom stereocenters. The topological polar surface area (TPSA) is 116 Å². The molecule has 4 rings (SSSR count). The van der Waals surface area contributed by atoms with Gasteiger partial charge in [-0.3, -0.25) is 14.8 Å². The molecule has 220 valence electrons. The number of allylic oxidation sites excluding steroid dienone is 4. The van der Waals surface area contributed by atoms with Crippen molar-refractivity contribution in [3.63, 3.8) is 0 Å². The van der Waals surface area contributed by atoms with E-state index in [0.29, 0.717) is 13.0 Å². The Hall–Kier alpha value is -3.27. The molecule has 0 spiro atoms. The molecule has 2 aliphatic rings. The molecule has 0 unspecified atom stereocenters. The van der Waals surface area contributed by atoms with Gasteiger partial charge in [0.1, 0.15) is 6.54 Å². The second kappa shape index (κ2) is 11.9. The van der Waals surface area contributed by atoms with E-state index >= 15 is 0 Å². The van der Waals surface area contributed by atoms with Gasteiger partial charge in [-0.15, -0.1) is 0 Å². The molecule has 0 radical (unpaired) electrons. The molecule has 0 saturated heterocycles. The first-order chi connectivity index (χ1) is 19.3. The van der Waals surface area contributed by atoms with Crippen LogP contribution in [0.2, 0.25) is 0 Å². The number of nitrogens with one attached hydrogen (secondary N) is 1. The van der Waals surface area contributed by atoms with Crippen molar-refractivity contribution < 1.29 is 22.3 Å². The Morgan fingerprint density at radius 3 is 2.46 bits per heavy atom. The minimum absolute atomic E-state index is 0.106. The van der Waals surface area contributed by atoms with Gasteiger partial charge in [0.2, 0.25) is 11.6 Å². The summed E-state index contributed by atoms with van der Waals surface area (Å²) in [5.74, 6) is 5.03. The zero-order valence-corrected chi connectivity index (χ0v) is 25.6. The van der Waals surface area contributed by atoms with E-state index in [-0.39, 0.29) is 16.2 Å². The number of carbonyl (C=O) groups excluding carboxylic acids is 1. The van der Waals surface area contributed by atoms with Gasteiger partial charge in [0.15, 0.2) is 5.71 Å². The molecule has 2 aromatic rings. The number of nitrogens with zero attached hydrogens (tertiary/aromatic N) is 2. The third-order valence-corrected chi connectivity index (χ3v) is 9.21. The Morgan fingerprint density at radius 1 is 1.05 bits per heavy atom. The number of nitrogens with two attached hydrogens (primary N) is 1. The molecule has 8 nitrogen and oxygen atoms in total. The fourth-order valence-corrected chi connectivity index (χ4v) is 6.70. The largest absolute Gasteiger partial charge is 0.344 e. The van der Waals surface area contributed by atoms with E-state index in [2.05, 4.69) is 92.0 Å². The first kappa shape index (κ1) is 30.7. The number of anilines is 1. The summed E-state index contributed by atoms with van der Waals surface area (Å²) in [5, 5.41) is 0. The Labute approximate surface area is 244 Å². The molecule has 0 fully saturated rings. The fraction of sp³-hybridized carbons (Fsp3) is 0.438. The first-order valence-corrected chi connectivity index (χ1v) is 15.8. The van der Waals surface area contributed by atoms with Gasteiger partial charge in [-0.1, -0.05) is 51.5 Å². The van der Waals surface area contributed by atoms with Crippen molar-refractivity contribution in [2.75, 3.05) is 18.0 Å². The minimum atomic E-state index is -4.33.